The maximum atomic E-state index is 11.3. The first kappa shape index (κ1) is 28.0. The maximum absolute atomic E-state index is 11.3. The van der Waals surface area contributed by atoms with Gasteiger partial charge in [0, 0.05) is 0 Å². The molecule has 0 unspecified atom stereocenters. The van der Waals surface area contributed by atoms with Gasteiger partial charge in [0.2, 0.25) is 0 Å². The van der Waals surface area contributed by atoms with Crippen LogP contribution in [-0.2, 0) is 34.0 Å². The molecule has 0 spiro atoms. The number of hydrogen-bond acceptors (Lipinski definition) is 4. The summed E-state index contributed by atoms with van der Waals surface area (Å²) in [7, 11) is 0. The molecule has 0 aliphatic carbocycles. The first-order valence-electron chi connectivity index (χ1n) is 12.8. The molecule has 3 atom stereocenters. The van der Waals surface area contributed by atoms with Crippen LogP contribution in [0.4, 0.5) is 0 Å². The van der Waals surface area contributed by atoms with E-state index in [4.69, 9.17) is 14.2 Å². The van der Waals surface area contributed by atoms with E-state index in [9.17, 15) is 5.11 Å². The number of hydrogen-bond donors (Lipinski definition) is 1. The summed E-state index contributed by atoms with van der Waals surface area (Å²) < 4.78 is 19.9. The minimum atomic E-state index is -0.878. The molecule has 0 bridgehead atoms. The van der Waals surface area contributed by atoms with Crippen molar-refractivity contribution in [3.63, 3.8) is 0 Å². The minimum absolute atomic E-state index is 0.133. The van der Waals surface area contributed by atoms with Gasteiger partial charge in [-0.25, -0.2) is 0 Å². The Balaban J connectivity index is 1.49. The third kappa shape index (κ3) is 9.70. The van der Waals surface area contributed by atoms with Gasteiger partial charge < -0.3 is 0 Å². The van der Waals surface area contributed by atoms with E-state index in [0.717, 1.165) is 16.7 Å². The van der Waals surface area contributed by atoms with Gasteiger partial charge in [-0.05, 0) is 0 Å². The molecule has 0 aromatic heterocycles. The molecule has 0 amide bonds. The quantitative estimate of drug-likeness (QED) is 0.197. The second-order valence-corrected chi connectivity index (χ2v) is 10.9. The normalized spacial score (nSPS) is 13.8. The molecule has 0 aliphatic rings. The predicted molar refractivity (Wildman–Crippen MR) is 153 cm³/mol. The fourth-order valence-corrected chi connectivity index (χ4v) is 5.36. The molecular formula is C33H34O4Se. The molecule has 4 aromatic carbocycles. The fourth-order valence-electron chi connectivity index (χ4n) is 3.88. The zero-order valence-electron chi connectivity index (χ0n) is 21.3. The van der Waals surface area contributed by atoms with E-state index in [1.165, 1.54) is 4.46 Å². The average Bonchev–Trinajstić information content (AvgIpc) is 2.98. The van der Waals surface area contributed by atoms with Crippen molar-refractivity contribution in [2.75, 3.05) is 6.61 Å². The molecule has 0 saturated carbocycles. The van der Waals surface area contributed by atoms with Crippen molar-refractivity contribution in [1.82, 2.24) is 0 Å². The molecule has 4 aromatic rings. The van der Waals surface area contributed by atoms with Crippen molar-refractivity contribution >= 4 is 19.4 Å². The van der Waals surface area contributed by atoms with Crippen LogP contribution in [-0.4, -0.2) is 45.0 Å². The summed E-state index contributed by atoms with van der Waals surface area (Å²) in [4.78, 5) is 2.15. The van der Waals surface area contributed by atoms with Gasteiger partial charge in [0.25, 0.3) is 0 Å². The van der Waals surface area contributed by atoms with Crippen LogP contribution in [0.25, 0.3) is 0 Å². The van der Waals surface area contributed by atoms with Gasteiger partial charge in [0.1, 0.15) is 0 Å². The Bertz CT molecular complexity index is 1190. The van der Waals surface area contributed by atoms with E-state index in [1.54, 1.807) is 0 Å². The molecule has 0 radical (unpaired) electrons. The van der Waals surface area contributed by atoms with Crippen molar-refractivity contribution in [3.8, 4) is 0 Å². The van der Waals surface area contributed by atoms with Crippen molar-refractivity contribution in [1.29, 1.82) is 0 Å². The molecule has 0 fully saturated rings. The Hall–Kier alpha value is -3.02. The first-order chi connectivity index (χ1) is 18.8. The Morgan fingerprint density at radius 1 is 0.605 bits per heavy atom. The second-order valence-electron chi connectivity index (χ2n) is 8.85. The van der Waals surface area contributed by atoms with Gasteiger partial charge in [-0.15, -0.1) is 0 Å². The molecule has 1 N–H and O–H groups in total. The van der Waals surface area contributed by atoms with Gasteiger partial charge in [0.15, 0.2) is 0 Å². The third-order valence-electron chi connectivity index (χ3n) is 5.89. The van der Waals surface area contributed by atoms with Crippen LogP contribution in [0.2, 0.25) is 0 Å². The van der Waals surface area contributed by atoms with Crippen LogP contribution in [0.5, 0.6) is 0 Å². The Labute approximate surface area is 232 Å². The van der Waals surface area contributed by atoms with E-state index in [2.05, 4.69) is 17.1 Å². The SMILES string of the molecule is O[C@H](COCc1ccccc1)[C@@H](OCc1ccccc1)[C@@H](/C=C/[Se]c1ccccc1)OCc1ccccc1. The molecule has 196 valence electrons. The predicted octanol–water partition coefficient (Wildman–Crippen LogP) is 5.28. The molecule has 0 heterocycles. The van der Waals surface area contributed by atoms with Gasteiger partial charge in [0.05, 0.1) is 0 Å². The van der Waals surface area contributed by atoms with Crippen LogP contribution < -0.4 is 4.46 Å². The standard InChI is InChI=1S/C33H34O4Se/c34-31(26-35-23-27-13-5-1-6-14-27)33(37-25-29-17-9-3-10-18-29)32(36-24-28-15-7-2-8-16-28)21-22-38-30-19-11-4-12-20-30/h1-22,31-34H,23-26H2/b22-21+/t31-,32-,33-/m1/s1. The Morgan fingerprint density at radius 3 is 1.63 bits per heavy atom. The van der Waals surface area contributed by atoms with Gasteiger partial charge in [-0.3, -0.25) is 0 Å². The van der Waals surface area contributed by atoms with Gasteiger partial charge in [-0.1, -0.05) is 0 Å². The van der Waals surface area contributed by atoms with Gasteiger partial charge in [-0.2, -0.15) is 0 Å². The summed E-state index contributed by atoms with van der Waals surface area (Å²) >= 11 is 0.133. The summed E-state index contributed by atoms with van der Waals surface area (Å²) in [5.41, 5.74) is 3.16. The summed E-state index contributed by atoms with van der Waals surface area (Å²) in [5.74, 6) is 0. The topological polar surface area (TPSA) is 47.9 Å². The Morgan fingerprint density at radius 2 is 1.08 bits per heavy atom. The van der Waals surface area contributed by atoms with Crippen molar-refractivity contribution in [2.24, 2.45) is 0 Å². The second kappa shape index (κ2) is 16.1. The zero-order valence-corrected chi connectivity index (χ0v) is 23.1. The van der Waals surface area contributed by atoms with E-state index in [-0.39, 0.29) is 21.6 Å². The van der Waals surface area contributed by atoms with Crippen LogP contribution in [0.15, 0.2) is 132 Å². The summed E-state index contributed by atoms with van der Waals surface area (Å²) in [6.07, 6.45) is 0.0841. The van der Waals surface area contributed by atoms with E-state index < -0.39 is 18.3 Å². The number of benzene rings is 4. The first-order valence-corrected chi connectivity index (χ1v) is 14.6. The number of rotatable bonds is 15. The zero-order chi connectivity index (χ0) is 26.3. The van der Waals surface area contributed by atoms with E-state index in [1.807, 2.05) is 115 Å². The number of aliphatic hydroxyl groups excluding tert-OH is 1. The third-order valence-corrected chi connectivity index (χ3v) is 7.65. The van der Waals surface area contributed by atoms with Crippen molar-refractivity contribution < 1.29 is 19.3 Å². The van der Waals surface area contributed by atoms with Crippen molar-refractivity contribution in [2.45, 2.75) is 38.1 Å². The number of aliphatic hydroxyl groups is 1. The number of ether oxygens (including phenoxy) is 3. The molecule has 5 heteroatoms. The van der Waals surface area contributed by atoms with Crippen molar-refractivity contribution in [3.05, 3.63) is 149 Å². The average molecular weight is 574 g/mol. The summed E-state index contributed by atoms with van der Waals surface area (Å²) in [5, 5.41) is 11.3. The van der Waals surface area contributed by atoms with Gasteiger partial charge >= 0.3 is 233 Å². The fraction of sp³-hybridized carbons (Fsp3) is 0.212. The molecule has 4 rings (SSSR count). The molecule has 38 heavy (non-hydrogen) atoms. The molecule has 0 aliphatic heterocycles. The van der Waals surface area contributed by atoms with E-state index >= 15 is 0 Å². The molecule has 4 nitrogen and oxygen atoms in total. The monoisotopic (exact) mass is 574 g/mol. The van der Waals surface area contributed by atoms with Crippen LogP contribution >= 0.6 is 0 Å². The Kier molecular flexibility index (Phi) is 11.8. The van der Waals surface area contributed by atoms with Crippen LogP contribution in [0.3, 0.4) is 0 Å². The molecular weight excluding hydrogens is 539 g/mol. The summed E-state index contributed by atoms with van der Waals surface area (Å²) in [6.45, 7) is 1.34. The summed E-state index contributed by atoms with van der Waals surface area (Å²) in [6, 6.07) is 40.4. The van der Waals surface area contributed by atoms with E-state index in [0.29, 0.717) is 19.8 Å². The van der Waals surface area contributed by atoms with Crippen LogP contribution in [0, 0.1) is 0 Å². The molecule has 0 saturated heterocycles. The van der Waals surface area contributed by atoms with Crippen LogP contribution in [0.1, 0.15) is 16.7 Å².